The molecule has 9 rings (SSSR count). The number of hydrogen-bond donors (Lipinski definition) is 0. The molecule has 50 heavy (non-hydrogen) atoms. The van der Waals surface area contributed by atoms with E-state index >= 15 is 0 Å². The summed E-state index contributed by atoms with van der Waals surface area (Å²) in [4.78, 5) is 3.69. The second-order valence-corrected chi connectivity index (χ2v) is 12.2. The average molecular weight is 636 g/mol. The van der Waals surface area contributed by atoms with Gasteiger partial charge in [-0.15, -0.1) is 0 Å². The molecule has 0 atom stereocenters. The van der Waals surface area contributed by atoms with Gasteiger partial charge in [-0.05, 0) is 71.1 Å². The van der Waals surface area contributed by atoms with E-state index in [9.17, 15) is 10.5 Å². The van der Waals surface area contributed by atoms with Crippen LogP contribution < -0.4 is 0 Å². The standard InChI is InChI=1S/C45H25N5/c1-48-30-22-24-45-38(26-30)37-25-29(27-46)21-23-44(37)50(45)40-17-7-4-13-34(40)32-12-3-2-11-31(32)33-16-10-20-43(39(33)28-47)49-41-18-8-5-14-35(41)36-15-6-9-19-42(36)49/h2-26H. The van der Waals surface area contributed by atoms with Gasteiger partial charge < -0.3 is 9.13 Å². The molecule has 9 aromatic rings. The van der Waals surface area contributed by atoms with E-state index in [0.29, 0.717) is 16.8 Å². The first-order valence-corrected chi connectivity index (χ1v) is 16.3. The molecule has 0 unspecified atom stereocenters. The van der Waals surface area contributed by atoms with Gasteiger partial charge in [0.15, 0.2) is 5.69 Å². The smallest absolute Gasteiger partial charge is 0.188 e. The van der Waals surface area contributed by atoms with E-state index < -0.39 is 0 Å². The minimum Gasteiger partial charge on any atom is -0.309 e. The van der Waals surface area contributed by atoms with Crippen molar-refractivity contribution < 1.29 is 0 Å². The third-order valence-corrected chi connectivity index (χ3v) is 9.63. The summed E-state index contributed by atoms with van der Waals surface area (Å²) in [5.41, 5.74) is 11.2. The van der Waals surface area contributed by atoms with Crippen molar-refractivity contribution >= 4 is 49.3 Å². The lowest BCUT2D eigenvalue weighted by atomic mass is 9.90. The molecule has 0 fully saturated rings. The number of rotatable bonds is 4. The molecule has 2 heterocycles. The van der Waals surface area contributed by atoms with Crippen molar-refractivity contribution in [2.24, 2.45) is 0 Å². The number of para-hydroxylation sites is 3. The molecule has 0 aliphatic rings. The fourth-order valence-electron chi connectivity index (χ4n) is 7.51. The van der Waals surface area contributed by atoms with E-state index in [2.05, 4.69) is 86.8 Å². The second-order valence-electron chi connectivity index (χ2n) is 12.2. The lowest BCUT2D eigenvalue weighted by molar-refractivity contribution is 1.17. The quantitative estimate of drug-likeness (QED) is 0.181. The van der Waals surface area contributed by atoms with Crippen molar-refractivity contribution in [3.63, 3.8) is 0 Å². The van der Waals surface area contributed by atoms with Crippen molar-refractivity contribution in [3.8, 4) is 45.8 Å². The number of aromatic nitrogens is 2. The Kier molecular flexibility index (Phi) is 6.56. The fourth-order valence-corrected chi connectivity index (χ4v) is 7.51. The van der Waals surface area contributed by atoms with Crippen LogP contribution in [-0.4, -0.2) is 9.13 Å². The van der Waals surface area contributed by atoms with Crippen LogP contribution in [0.1, 0.15) is 11.1 Å². The van der Waals surface area contributed by atoms with Gasteiger partial charge in [0.05, 0.1) is 57.2 Å². The summed E-state index contributed by atoms with van der Waals surface area (Å²) in [5, 5.41) is 24.7. The molecular formula is C45H25N5. The Morgan fingerprint density at radius 3 is 1.64 bits per heavy atom. The zero-order chi connectivity index (χ0) is 33.8. The molecular weight excluding hydrogens is 611 g/mol. The fraction of sp³-hybridized carbons (Fsp3) is 0. The van der Waals surface area contributed by atoms with Crippen LogP contribution in [0.2, 0.25) is 0 Å². The maximum atomic E-state index is 10.9. The van der Waals surface area contributed by atoms with Crippen LogP contribution in [0, 0.1) is 29.2 Å². The molecule has 0 aliphatic heterocycles. The van der Waals surface area contributed by atoms with Gasteiger partial charge in [-0.2, -0.15) is 10.5 Å². The third kappa shape index (κ3) is 4.24. The Balaban J connectivity index is 1.30. The summed E-state index contributed by atoms with van der Waals surface area (Å²) in [6.07, 6.45) is 0. The Morgan fingerprint density at radius 1 is 0.440 bits per heavy atom. The summed E-state index contributed by atoms with van der Waals surface area (Å²) < 4.78 is 4.42. The lowest BCUT2D eigenvalue weighted by Crippen LogP contribution is -2.01. The molecule has 0 N–H and O–H groups in total. The van der Waals surface area contributed by atoms with Crippen molar-refractivity contribution in [1.82, 2.24) is 9.13 Å². The average Bonchev–Trinajstić information content (AvgIpc) is 3.69. The predicted molar refractivity (Wildman–Crippen MR) is 202 cm³/mol. The Hall–Kier alpha value is -7.39. The highest BCUT2D eigenvalue weighted by Crippen LogP contribution is 2.42. The first kappa shape index (κ1) is 28.8. The van der Waals surface area contributed by atoms with Crippen molar-refractivity contribution in [2.75, 3.05) is 0 Å². The van der Waals surface area contributed by atoms with Crippen LogP contribution in [0.5, 0.6) is 0 Å². The molecule has 0 saturated heterocycles. The molecule has 0 aliphatic carbocycles. The van der Waals surface area contributed by atoms with E-state index in [-0.39, 0.29) is 0 Å². The topological polar surface area (TPSA) is 61.8 Å². The Labute approximate surface area is 288 Å². The van der Waals surface area contributed by atoms with Crippen LogP contribution in [0.4, 0.5) is 5.69 Å². The van der Waals surface area contributed by atoms with E-state index in [1.807, 2.05) is 91.0 Å². The summed E-state index contributed by atoms with van der Waals surface area (Å²) in [6.45, 7) is 7.64. The first-order valence-electron chi connectivity index (χ1n) is 16.3. The lowest BCUT2D eigenvalue weighted by Gasteiger charge is -2.19. The zero-order valence-electron chi connectivity index (χ0n) is 26.7. The maximum Gasteiger partial charge on any atom is 0.188 e. The van der Waals surface area contributed by atoms with Crippen molar-refractivity contribution in [1.29, 1.82) is 10.5 Å². The van der Waals surface area contributed by atoms with Crippen LogP contribution >= 0.6 is 0 Å². The van der Waals surface area contributed by atoms with Gasteiger partial charge >= 0.3 is 0 Å². The van der Waals surface area contributed by atoms with Crippen molar-refractivity contribution in [2.45, 2.75) is 0 Å². The van der Waals surface area contributed by atoms with Gasteiger partial charge in [-0.3, -0.25) is 0 Å². The van der Waals surface area contributed by atoms with E-state index in [4.69, 9.17) is 6.57 Å². The van der Waals surface area contributed by atoms with E-state index in [1.165, 1.54) is 0 Å². The third-order valence-electron chi connectivity index (χ3n) is 9.63. The van der Waals surface area contributed by atoms with Crippen molar-refractivity contribution in [3.05, 3.63) is 174 Å². The number of hydrogen-bond acceptors (Lipinski definition) is 2. The molecule has 5 nitrogen and oxygen atoms in total. The highest BCUT2D eigenvalue weighted by molar-refractivity contribution is 6.12. The van der Waals surface area contributed by atoms with Gasteiger partial charge in [-0.1, -0.05) is 97.1 Å². The molecule has 7 aromatic carbocycles. The highest BCUT2D eigenvalue weighted by atomic mass is 15.0. The molecule has 2 aromatic heterocycles. The Morgan fingerprint density at radius 2 is 0.960 bits per heavy atom. The normalized spacial score (nSPS) is 11.1. The van der Waals surface area contributed by atoms with Crippen LogP contribution in [0.15, 0.2) is 152 Å². The molecule has 5 heteroatoms. The summed E-state index contributed by atoms with van der Waals surface area (Å²) >= 11 is 0. The SMILES string of the molecule is [C-]#[N+]c1ccc2c(c1)c1cc(C#N)ccc1n2-c1ccccc1-c1ccccc1-c1cccc(-n2c3ccccc3c3ccccc32)c1C#N. The van der Waals surface area contributed by atoms with Crippen LogP contribution in [0.3, 0.4) is 0 Å². The zero-order valence-corrected chi connectivity index (χ0v) is 26.7. The molecule has 0 bridgehead atoms. The molecule has 0 amide bonds. The predicted octanol–water partition coefficient (Wildman–Crippen LogP) is 11.5. The second kappa shape index (κ2) is 11.4. The number of benzene rings is 7. The summed E-state index contributed by atoms with van der Waals surface area (Å²) in [5.74, 6) is 0. The van der Waals surface area contributed by atoms with Gasteiger partial charge in [0.25, 0.3) is 0 Å². The minimum atomic E-state index is 0.546. The minimum absolute atomic E-state index is 0.546. The largest absolute Gasteiger partial charge is 0.309 e. The molecule has 0 radical (unpaired) electrons. The van der Waals surface area contributed by atoms with Gasteiger partial charge in [0.1, 0.15) is 6.07 Å². The Bertz CT molecular complexity index is 2850. The monoisotopic (exact) mass is 635 g/mol. The van der Waals surface area contributed by atoms with E-state index in [0.717, 1.165) is 77.2 Å². The molecule has 0 saturated carbocycles. The summed E-state index contributed by atoms with van der Waals surface area (Å²) in [6, 6.07) is 55.6. The van der Waals surface area contributed by atoms with Crippen LogP contribution in [-0.2, 0) is 0 Å². The highest BCUT2D eigenvalue weighted by Gasteiger charge is 2.21. The van der Waals surface area contributed by atoms with Crippen LogP contribution in [0.25, 0.3) is 82.1 Å². The first-order chi connectivity index (χ1) is 24.7. The summed E-state index contributed by atoms with van der Waals surface area (Å²) in [7, 11) is 0. The van der Waals surface area contributed by atoms with Gasteiger partial charge in [-0.25, -0.2) is 4.85 Å². The maximum absolute atomic E-state index is 10.9. The van der Waals surface area contributed by atoms with Gasteiger partial charge in [0.2, 0.25) is 0 Å². The number of nitrogens with zero attached hydrogens (tertiary/aromatic N) is 5. The van der Waals surface area contributed by atoms with E-state index in [1.54, 1.807) is 0 Å². The number of fused-ring (bicyclic) bond motifs is 6. The molecule has 230 valence electrons. The number of nitriles is 2. The molecule has 0 spiro atoms. The van der Waals surface area contributed by atoms with Gasteiger partial charge in [0, 0.05) is 27.3 Å².